The van der Waals surface area contributed by atoms with Crippen LogP contribution in [0.3, 0.4) is 0 Å². The van der Waals surface area contributed by atoms with E-state index in [0.29, 0.717) is 90.0 Å². The van der Waals surface area contributed by atoms with E-state index in [0.717, 1.165) is 75.9 Å². The summed E-state index contributed by atoms with van der Waals surface area (Å²) in [6.07, 6.45) is 11.1. The first-order chi connectivity index (χ1) is 50.0. The van der Waals surface area contributed by atoms with Crippen molar-refractivity contribution in [2.45, 2.75) is 34.6 Å². The van der Waals surface area contributed by atoms with Crippen LogP contribution in [-0.2, 0) is 0 Å². The first-order valence-corrected chi connectivity index (χ1v) is 32.8. The number of aryl methyl sites for hydroxylation is 5. The van der Waals surface area contributed by atoms with Gasteiger partial charge < -0.3 is 61.8 Å². The first-order valence-electron chi connectivity index (χ1n) is 32.4. The predicted octanol–water partition coefficient (Wildman–Crippen LogP) is 13.3. The maximum absolute atomic E-state index is 11.8. The molecule has 2 aliphatic rings. The van der Waals surface area contributed by atoms with E-state index in [9.17, 15) is 26.0 Å². The number of aromatic nitrogens is 5. The van der Waals surface area contributed by atoms with Crippen molar-refractivity contribution in [3.05, 3.63) is 313 Å². The lowest BCUT2D eigenvalue weighted by atomic mass is 9.94. The van der Waals surface area contributed by atoms with E-state index in [2.05, 4.69) is 51.1 Å². The molecular weight excluding hydrogens is 1340 g/mol. The Labute approximate surface area is 606 Å². The Bertz CT molecular complexity index is 4930. The van der Waals surface area contributed by atoms with Crippen LogP contribution in [0.1, 0.15) is 50.3 Å². The summed E-state index contributed by atoms with van der Waals surface area (Å²) >= 11 is 5.68. The SMILES string of the molecule is CN(C)c1ccc(N=Nc2ccc(Cl)c[n+]2[O-])cc1.Cc1cc(C)[n+]([O-])c(N=Nc2ccc(N(C)C)cc2)c1.Cc1cc[n+]([O-])c(N=Nc2ccc(N(CCO)CCO)cc2)c1.Cc1cccc(=NN=C2C=CC(=N)c3ccccc32)n1O.Cc1ccn(O)c(=NN=C2C=CC(=N)c3ccccc32)c1. The van der Waals surface area contributed by atoms with Crippen molar-refractivity contribution in [2.24, 2.45) is 51.1 Å². The molecule has 0 aliphatic heterocycles. The van der Waals surface area contributed by atoms with Gasteiger partial charge in [0.1, 0.15) is 29.0 Å². The number of aliphatic hydroxyl groups excluding tert-OH is 2. The predicted molar refractivity (Wildman–Crippen MR) is 404 cm³/mol. The lowest BCUT2D eigenvalue weighted by molar-refractivity contribution is -0.598. The quantitative estimate of drug-likeness (QED) is 0.0185. The molecule has 6 N–H and O–H groups in total. The van der Waals surface area contributed by atoms with Crippen LogP contribution in [0.5, 0.6) is 0 Å². The molecule has 104 heavy (non-hydrogen) atoms. The van der Waals surface area contributed by atoms with E-state index in [1.807, 2.05) is 179 Å². The van der Waals surface area contributed by atoms with E-state index in [1.54, 1.807) is 105 Å². The number of benzene rings is 5. The second-order valence-corrected chi connectivity index (χ2v) is 24.1. The van der Waals surface area contributed by atoms with Crippen molar-refractivity contribution in [1.82, 2.24) is 9.46 Å². The zero-order valence-electron chi connectivity index (χ0n) is 58.7. The molecular formula is C76H79ClN20O7. The minimum Gasteiger partial charge on any atom is -0.710 e. The summed E-state index contributed by atoms with van der Waals surface area (Å²) in [7, 11) is 7.88. The smallest absolute Gasteiger partial charge is 0.354 e. The van der Waals surface area contributed by atoms with E-state index in [4.69, 9.17) is 32.6 Å². The summed E-state index contributed by atoms with van der Waals surface area (Å²) in [5.74, 6) is 0.733. The summed E-state index contributed by atoms with van der Waals surface area (Å²) in [6.45, 7) is 10.2. The Kier molecular flexibility index (Phi) is 27.6. The number of nitrogens with zero attached hydrogens (tertiary/aromatic N) is 18. The van der Waals surface area contributed by atoms with Gasteiger partial charge in [-0.05, 0) is 206 Å². The number of allylic oxidation sites excluding steroid dienone is 4. The van der Waals surface area contributed by atoms with Gasteiger partial charge in [-0.3, -0.25) is 0 Å². The van der Waals surface area contributed by atoms with Crippen molar-refractivity contribution >= 4 is 86.0 Å². The topological polar surface area (TPSA) is 353 Å². The molecule has 0 radical (unpaired) electrons. The third kappa shape index (κ3) is 22.0. The summed E-state index contributed by atoms with van der Waals surface area (Å²) in [4.78, 5) is 5.87. The van der Waals surface area contributed by atoms with Gasteiger partial charge in [0, 0.05) is 105 Å². The van der Waals surface area contributed by atoms with Gasteiger partial charge in [-0.15, -0.1) is 20.4 Å². The minimum absolute atomic E-state index is 0.0122. The number of azo groups is 3. The Morgan fingerprint density at radius 3 is 1.43 bits per heavy atom. The summed E-state index contributed by atoms with van der Waals surface area (Å²) in [5.41, 5.74) is 15.6. The number of pyridine rings is 5. The fourth-order valence-electron chi connectivity index (χ4n) is 9.70. The molecule has 0 fully saturated rings. The average molecular weight is 1420 g/mol. The molecule has 0 saturated carbocycles. The second kappa shape index (κ2) is 37.4. The number of anilines is 3. The maximum Gasteiger partial charge on any atom is 0.354 e. The van der Waals surface area contributed by atoms with Crippen molar-refractivity contribution in [2.75, 3.05) is 69.2 Å². The molecule has 28 heteroatoms. The van der Waals surface area contributed by atoms with Crippen LogP contribution in [0.15, 0.2) is 282 Å². The van der Waals surface area contributed by atoms with Gasteiger partial charge in [-0.1, -0.05) is 66.2 Å². The lowest BCUT2D eigenvalue weighted by Crippen LogP contribution is -2.30. The number of nitrogens with one attached hydrogen (secondary N) is 2. The molecule has 2 aliphatic carbocycles. The molecule has 0 bridgehead atoms. The van der Waals surface area contributed by atoms with Gasteiger partial charge in [-0.25, -0.2) is 14.2 Å². The molecule has 532 valence electrons. The van der Waals surface area contributed by atoms with E-state index < -0.39 is 0 Å². The van der Waals surface area contributed by atoms with Gasteiger partial charge in [0.05, 0.1) is 68.3 Å². The lowest BCUT2D eigenvalue weighted by Gasteiger charge is -2.22. The molecule has 0 unspecified atom stereocenters. The number of halogens is 1. The second-order valence-electron chi connectivity index (χ2n) is 23.6. The van der Waals surface area contributed by atoms with Gasteiger partial charge in [0.15, 0.2) is 11.0 Å². The zero-order valence-corrected chi connectivity index (χ0v) is 59.5. The average Bonchev–Trinajstić information content (AvgIpc) is 0.810. The first kappa shape index (κ1) is 76.8. The maximum atomic E-state index is 11.8. The zero-order chi connectivity index (χ0) is 74.8. The van der Waals surface area contributed by atoms with Crippen LogP contribution in [0, 0.1) is 61.1 Å². The molecule has 5 heterocycles. The highest BCUT2D eigenvalue weighted by atomic mass is 35.5. The van der Waals surface area contributed by atoms with Crippen molar-refractivity contribution in [3.63, 3.8) is 0 Å². The van der Waals surface area contributed by atoms with Gasteiger partial charge in [-0.2, -0.15) is 9.46 Å². The standard InChI is InChI=1S/C16H20N4O3.2C16H14N4O.C15H18N4O.C13H13ClN4O/c1-13-6-7-20(23)16(12-13)18-17-14-2-4-15(5-3-14)19(8-10-21)9-11-22;1-11-5-4-8-16(20(11)21)19-18-15-10-9-14(17)12-6-2-3-7-13(12)15;1-11-8-9-20(21)16(10-11)19-18-15-7-6-14(17)12-4-2-3-5-13(12)15;1-11-9-12(2)19(20)15(10-11)17-16-13-5-7-14(8-6-13)18(3)4;1-17(2)12-6-4-11(5-7-12)15-16-13-8-3-10(14)9-18(13)19/h2-7,12,21-22H,8-11H2,1H3;2*2-10,17,21H,1H3;5-10H,1-4H3;3-9H,1-2H3. The summed E-state index contributed by atoms with van der Waals surface area (Å²) in [6, 6.07) is 56.4. The number of rotatable bonds is 15. The molecule has 0 spiro atoms. The molecule has 27 nitrogen and oxygen atoms in total. The Balaban J connectivity index is 0.000000165. The fourth-order valence-corrected chi connectivity index (χ4v) is 9.85. The van der Waals surface area contributed by atoms with Crippen LogP contribution in [0.2, 0.25) is 5.02 Å². The normalized spacial score (nSPS) is 13.2. The highest BCUT2D eigenvalue weighted by Gasteiger charge is 2.17. The van der Waals surface area contributed by atoms with Crippen LogP contribution < -0.4 is 39.9 Å². The highest BCUT2D eigenvalue weighted by molar-refractivity contribution is 6.30. The molecule has 5 aromatic carbocycles. The van der Waals surface area contributed by atoms with Crippen LogP contribution >= 0.6 is 11.6 Å². The number of aliphatic hydroxyl groups is 2. The van der Waals surface area contributed by atoms with Crippen molar-refractivity contribution in [3.8, 4) is 0 Å². The molecule has 10 aromatic rings. The summed E-state index contributed by atoms with van der Waals surface area (Å²) < 4.78 is 3.95. The molecule has 0 atom stereocenters. The Morgan fingerprint density at radius 1 is 0.452 bits per heavy atom. The molecule has 12 rings (SSSR count). The third-order valence-corrected chi connectivity index (χ3v) is 15.5. The Morgan fingerprint density at radius 2 is 0.923 bits per heavy atom. The van der Waals surface area contributed by atoms with E-state index >= 15 is 0 Å². The summed E-state index contributed by atoms with van der Waals surface area (Å²) in [5, 5.41) is 129. The van der Waals surface area contributed by atoms with E-state index in [-0.39, 0.29) is 24.8 Å². The van der Waals surface area contributed by atoms with Gasteiger partial charge in [0.25, 0.3) is 0 Å². The highest BCUT2D eigenvalue weighted by Crippen LogP contribution is 2.25. The minimum atomic E-state index is 0.0122. The number of hydrogen-bond acceptors (Lipinski definition) is 22. The number of fused-ring (bicyclic) bond motifs is 2. The molecule has 5 aromatic heterocycles. The fraction of sp³-hybridized carbons (Fsp3) is 0.171. The monoisotopic (exact) mass is 1420 g/mol. The van der Waals surface area contributed by atoms with Crippen LogP contribution in [0.4, 0.5) is 51.6 Å². The van der Waals surface area contributed by atoms with Crippen molar-refractivity contribution < 1.29 is 34.8 Å². The number of hydrogen-bond donors (Lipinski definition) is 6. The van der Waals surface area contributed by atoms with E-state index in [1.165, 1.54) is 24.7 Å². The van der Waals surface area contributed by atoms with Crippen LogP contribution in [-0.4, -0.2) is 107 Å². The van der Waals surface area contributed by atoms with Crippen LogP contribution in [0.25, 0.3) is 0 Å². The molecule has 0 saturated heterocycles. The van der Waals surface area contributed by atoms with Crippen molar-refractivity contribution in [1.29, 1.82) is 10.8 Å². The van der Waals surface area contributed by atoms with Gasteiger partial charge in [0.2, 0.25) is 0 Å². The van der Waals surface area contributed by atoms with Gasteiger partial charge >= 0.3 is 17.5 Å². The molecule has 0 amide bonds. The Hall–Kier alpha value is -13.0. The largest absolute Gasteiger partial charge is 0.710 e. The third-order valence-electron chi connectivity index (χ3n) is 15.3.